The number of aldehydes is 1. The first-order chi connectivity index (χ1) is 16.5. The highest BCUT2D eigenvalue weighted by atomic mass is 16.5. The van der Waals surface area contributed by atoms with E-state index in [1.165, 1.54) is 19.6 Å². The Morgan fingerprint density at radius 3 is 2.71 bits per heavy atom. The summed E-state index contributed by atoms with van der Waals surface area (Å²) in [6, 6.07) is 12.2. The molecule has 2 aromatic carbocycles. The molecule has 4 rings (SSSR count). The molecule has 3 aromatic rings. The average molecular weight is 463 g/mol. The number of nitrogens with one attached hydrogen (secondary N) is 2. The lowest BCUT2D eigenvalue weighted by molar-refractivity contribution is -0.139. The number of H-pyrrole nitrogens is 1. The molecule has 1 aliphatic heterocycles. The van der Waals surface area contributed by atoms with Crippen LogP contribution in [0, 0.1) is 0 Å². The molecule has 0 aliphatic carbocycles. The van der Waals surface area contributed by atoms with E-state index >= 15 is 0 Å². The Kier molecular flexibility index (Phi) is 6.88. The van der Waals surface area contributed by atoms with Crippen molar-refractivity contribution in [3.63, 3.8) is 0 Å². The van der Waals surface area contributed by atoms with Crippen molar-refractivity contribution in [2.24, 2.45) is 5.10 Å². The molecule has 2 heterocycles. The van der Waals surface area contributed by atoms with Crippen molar-refractivity contribution >= 4 is 23.6 Å². The minimum absolute atomic E-state index is 0.00520. The maximum Gasteiger partial charge on any atom is 0.273 e. The van der Waals surface area contributed by atoms with E-state index in [1.807, 2.05) is 19.1 Å². The van der Waals surface area contributed by atoms with Crippen LogP contribution in [0.4, 0.5) is 5.69 Å². The molecule has 3 N–H and O–H groups in total. The van der Waals surface area contributed by atoms with Crippen molar-refractivity contribution in [3.05, 3.63) is 71.8 Å². The van der Waals surface area contributed by atoms with Crippen LogP contribution in [0.1, 0.15) is 35.0 Å². The summed E-state index contributed by atoms with van der Waals surface area (Å²) in [6.07, 6.45) is 2.95. The third kappa shape index (κ3) is 4.91. The Morgan fingerprint density at radius 1 is 1.29 bits per heavy atom. The Hall–Kier alpha value is -4.18. The second-order valence-corrected chi connectivity index (χ2v) is 7.65. The van der Waals surface area contributed by atoms with Gasteiger partial charge >= 0.3 is 0 Å². The molecule has 0 radical (unpaired) electrons. The monoisotopic (exact) mass is 463 g/mol. The maximum absolute atomic E-state index is 12.2. The van der Waals surface area contributed by atoms with Crippen molar-refractivity contribution in [3.8, 4) is 11.5 Å². The molecule has 0 bridgehead atoms. The van der Waals surface area contributed by atoms with Gasteiger partial charge in [0.15, 0.2) is 17.8 Å². The SMILES string of the molecule is CCC1OC(C=O)N(Cc2ccc(NC(=O)c3cnc[nH]3)cc2)N=C1c1ccc(OC)c(O)c1. The number of rotatable bonds is 8. The first-order valence-corrected chi connectivity index (χ1v) is 10.7. The van der Waals surface area contributed by atoms with Crippen LogP contribution >= 0.6 is 0 Å². The predicted octanol–water partition coefficient (Wildman–Crippen LogP) is 2.92. The molecule has 2 atom stereocenters. The first-order valence-electron chi connectivity index (χ1n) is 10.7. The number of aromatic nitrogens is 2. The molecule has 1 aliphatic rings. The maximum atomic E-state index is 12.2. The van der Waals surface area contributed by atoms with E-state index in [0.29, 0.717) is 47.7 Å². The number of hydrogen-bond donors (Lipinski definition) is 3. The predicted molar refractivity (Wildman–Crippen MR) is 125 cm³/mol. The Balaban J connectivity index is 1.54. The van der Waals surface area contributed by atoms with Crippen LogP contribution in [0.15, 0.2) is 60.1 Å². The van der Waals surface area contributed by atoms with Crippen molar-refractivity contribution in [2.75, 3.05) is 12.4 Å². The summed E-state index contributed by atoms with van der Waals surface area (Å²) in [4.78, 5) is 30.5. The minimum Gasteiger partial charge on any atom is -0.504 e. The minimum atomic E-state index is -0.847. The molecular weight excluding hydrogens is 438 g/mol. The zero-order valence-electron chi connectivity index (χ0n) is 18.8. The number of carbonyl (C=O) groups is 2. The third-order valence-electron chi connectivity index (χ3n) is 5.40. The summed E-state index contributed by atoms with van der Waals surface area (Å²) in [6.45, 7) is 2.25. The quantitative estimate of drug-likeness (QED) is 0.438. The number of anilines is 1. The summed E-state index contributed by atoms with van der Waals surface area (Å²) in [5.74, 6) is 0.0594. The third-order valence-corrected chi connectivity index (χ3v) is 5.40. The van der Waals surface area contributed by atoms with Crippen LogP contribution in [0.5, 0.6) is 11.5 Å². The normalized spacial score (nSPS) is 17.7. The summed E-state index contributed by atoms with van der Waals surface area (Å²) >= 11 is 0. The van der Waals surface area contributed by atoms with Gasteiger partial charge in [0.2, 0.25) is 6.23 Å². The highest BCUT2D eigenvalue weighted by Gasteiger charge is 2.31. The zero-order chi connectivity index (χ0) is 24.1. The largest absolute Gasteiger partial charge is 0.504 e. The van der Waals surface area contributed by atoms with Crippen LogP contribution < -0.4 is 10.1 Å². The lowest BCUT2D eigenvalue weighted by Crippen LogP contribution is -2.45. The van der Waals surface area contributed by atoms with E-state index in [2.05, 4.69) is 15.3 Å². The molecular formula is C24H25N5O5. The first kappa shape index (κ1) is 23.0. The molecule has 1 aromatic heterocycles. The van der Waals surface area contributed by atoms with Gasteiger partial charge in [-0.3, -0.25) is 14.6 Å². The van der Waals surface area contributed by atoms with Gasteiger partial charge in [-0.05, 0) is 42.3 Å². The number of ether oxygens (including phenoxy) is 2. The fourth-order valence-corrected chi connectivity index (χ4v) is 3.63. The van der Waals surface area contributed by atoms with Crippen LogP contribution in [0.3, 0.4) is 0 Å². The highest BCUT2D eigenvalue weighted by molar-refractivity contribution is 6.04. The Bertz CT molecular complexity index is 1180. The molecule has 1 amide bonds. The number of aromatic hydroxyl groups is 1. The van der Waals surface area contributed by atoms with Crippen molar-refractivity contribution in [1.82, 2.24) is 15.0 Å². The number of hydrogen-bond acceptors (Lipinski definition) is 8. The topological polar surface area (TPSA) is 129 Å². The number of benzene rings is 2. The van der Waals surface area contributed by atoms with Crippen LogP contribution in [-0.2, 0) is 16.1 Å². The number of phenols is 1. The molecule has 0 spiro atoms. The van der Waals surface area contributed by atoms with Crippen molar-refractivity contribution < 1.29 is 24.2 Å². The molecule has 10 nitrogen and oxygen atoms in total. The van der Waals surface area contributed by atoms with Crippen LogP contribution in [0.2, 0.25) is 0 Å². The fourth-order valence-electron chi connectivity index (χ4n) is 3.63. The number of amides is 1. The van der Waals surface area contributed by atoms with Gasteiger partial charge in [0.25, 0.3) is 5.91 Å². The van der Waals surface area contributed by atoms with Gasteiger partial charge in [0.05, 0.1) is 31.9 Å². The van der Waals surface area contributed by atoms with Gasteiger partial charge in [-0.2, -0.15) is 5.10 Å². The Morgan fingerprint density at radius 2 is 2.09 bits per heavy atom. The number of carbonyl (C=O) groups excluding carboxylic acids is 2. The van der Waals surface area contributed by atoms with E-state index in [4.69, 9.17) is 14.6 Å². The molecule has 0 fully saturated rings. The number of methoxy groups -OCH3 is 1. The van der Waals surface area contributed by atoms with E-state index in [-0.39, 0.29) is 11.7 Å². The van der Waals surface area contributed by atoms with E-state index in [0.717, 1.165) is 5.56 Å². The van der Waals surface area contributed by atoms with Gasteiger partial charge in [-0.1, -0.05) is 19.1 Å². The number of nitrogens with zero attached hydrogens (tertiary/aromatic N) is 3. The second-order valence-electron chi connectivity index (χ2n) is 7.65. The van der Waals surface area contributed by atoms with Gasteiger partial charge in [-0.25, -0.2) is 4.98 Å². The number of imidazole rings is 1. The van der Waals surface area contributed by atoms with Gasteiger partial charge < -0.3 is 24.9 Å². The number of aromatic amines is 1. The van der Waals surface area contributed by atoms with Crippen molar-refractivity contribution in [1.29, 1.82) is 0 Å². The molecule has 10 heteroatoms. The van der Waals surface area contributed by atoms with Crippen LogP contribution in [-0.4, -0.2) is 57.4 Å². The van der Waals surface area contributed by atoms with E-state index in [1.54, 1.807) is 35.3 Å². The summed E-state index contributed by atoms with van der Waals surface area (Å²) < 4.78 is 11.1. The second kappa shape index (κ2) is 10.2. The summed E-state index contributed by atoms with van der Waals surface area (Å²) in [5.41, 5.74) is 3.14. The molecule has 0 saturated carbocycles. The number of hydrazone groups is 1. The average Bonchev–Trinajstić information content (AvgIpc) is 3.40. The van der Waals surface area contributed by atoms with Gasteiger partial charge in [0, 0.05) is 11.3 Å². The molecule has 176 valence electrons. The lowest BCUT2D eigenvalue weighted by atomic mass is 10.0. The molecule has 0 saturated heterocycles. The van der Waals surface area contributed by atoms with E-state index in [9.17, 15) is 14.7 Å². The van der Waals surface area contributed by atoms with Crippen LogP contribution in [0.25, 0.3) is 0 Å². The summed E-state index contributed by atoms with van der Waals surface area (Å²) in [5, 5.41) is 19.3. The number of phenolic OH excluding ortho intramolecular Hbond substituents is 1. The van der Waals surface area contributed by atoms with E-state index < -0.39 is 12.3 Å². The fraction of sp³-hybridized carbons (Fsp3) is 0.250. The smallest absolute Gasteiger partial charge is 0.273 e. The zero-order valence-corrected chi connectivity index (χ0v) is 18.8. The lowest BCUT2D eigenvalue weighted by Gasteiger charge is -2.35. The standard InChI is InChI=1S/C24H25N5O5/c1-3-20-23(16-6-9-21(33-2)19(31)10-16)28-29(22(13-30)34-20)12-15-4-7-17(8-5-15)27-24(32)18-11-25-14-26-18/h4-11,13-14,20,22,31H,3,12H2,1-2H3,(H,25,26)(H,27,32). The Labute approximate surface area is 196 Å². The molecule has 34 heavy (non-hydrogen) atoms. The van der Waals surface area contributed by atoms with Gasteiger partial charge in [0.1, 0.15) is 11.8 Å². The highest BCUT2D eigenvalue weighted by Crippen LogP contribution is 2.29. The summed E-state index contributed by atoms with van der Waals surface area (Å²) in [7, 11) is 1.48. The molecule has 2 unspecified atom stereocenters. The van der Waals surface area contributed by atoms with Gasteiger partial charge in [-0.15, -0.1) is 0 Å². The van der Waals surface area contributed by atoms with Crippen molar-refractivity contribution in [2.45, 2.75) is 32.2 Å².